The topological polar surface area (TPSA) is 86.8 Å². The molecule has 0 aliphatic rings. The fourth-order valence-electron chi connectivity index (χ4n) is 3.60. The van der Waals surface area contributed by atoms with Crippen LogP contribution in [0.15, 0.2) is 42.5 Å². The maximum absolute atomic E-state index is 13.6. The fraction of sp³-hybridized carbons (Fsp3) is 0.417. The van der Waals surface area contributed by atoms with Crippen LogP contribution in [0, 0.1) is 6.92 Å². The molecular weight excluding hydrogens is 497 g/mol. The number of hydrogen-bond donors (Lipinski definition) is 1. The van der Waals surface area contributed by atoms with Crippen LogP contribution < -0.4 is 9.62 Å². The van der Waals surface area contributed by atoms with Gasteiger partial charge in [0.15, 0.2) is 0 Å². The average molecular weight is 529 g/mol. The zero-order valence-electron chi connectivity index (χ0n) is 20.0. The number of carbonyl (C=O) groups excluding carboxylic acids is 2. The number of rotatable bonds is 10. The number of anilines is 1. The second-order valence-electron chi connectivity index (χ2n) is 8.50. The highest BCUT2D eigenvalue weighted by Gasteiger charge is 2.32. The van der Waals surface area contributed by atoms with E-state index < -0.39 is 28.5 Å². The normalized spacial score (nSPS) is 12.4. The van der Waals surface area contributed by atoms with Gasteiger partial charge in [0.05, 0.1) is 11.9 Å². The minimum Gasteiger partial charge on any atom is -0.352 e. The number of amides is 2. The van der Waals surface area contributed by atoms with Crippen LogP contribution >= 0.6 is 23.2 Å². The van der Waals surface area contributed by atoms with Crippen LogP contribution in [0.25, 0.3) is 0 Å². The Labute approximate surface area is 212 Å². The molecule has 2 aromatic carbocycles. The lowest BCUT2D eigenvalue weighted by atomic mass is 10.1. The van der Waals surface area contributed by atoms with Crippen molar-refractivity contribution in [2.45, 2.75) is 52.7 Å². The quantitative estimate of drug-likeness (QED) is 0.495. The maximum atomic E-state index is 13.6. The van der Waals surface area contributed by atoms with Crippen LogP contribution in [0.4, 0.5) is 5.69 Å². The summed E-state index contributed by atoms with van der Waals surface area (Å²) < 4.78 is 26.2. The first-order chi connectivity index (χ1) is 15.8. The van der Waals surface area contributed by atoms with Crippen molar-refractivity contribution in [3.05, 3.63) is 63.6 Å². The van der Waals surface area contributed by atoms with E-state index >= 15 is 0 Å². The second-order valence-corrected chi connectivity index (χ2v) is 11.3. The number of carbonyl (C=O) groups is 2. The molecule has 0 aromatic heterocycles. The Morgan fingerprint density at radius 2 is 1.68 bits per heavy atom. The van der Waals surface area contributed by atoms with Gasteiger partial charge in [-0.3, -0.25) is 13.9 Å². The van der Waals surface area contributed by atoms with Crippen molar-refractivity contribution < 1.29 is 18.0 Å². The predicted molar refractivity (Wildman–Crippen MR) is 138 cm³/mol. The van der Waals surface area contributed by atoms with Gasteiger partial charge in [-0.1, -0.05) is 60.0 Å². The van der Waals surface area contributed by atoms with E-state index in [9.17, 15) is 18.0 Å². The van der Waals surface area contributed by atoms with Gasteiger partial charge in [0.1, 0.15) is 12.6 Å². The molecule has 0 saturated heterocycles. The molecule has 34 heavy (non-hydrogen) atoms. The first-order valence-corrected chi connectivity index (χ1v) is 13.5. The van der Waals surface area contributed by atoms with Crippen molar-refractivity contribution in [2.75, 3.05) is 17.1 Å². The van der Waals surface area contributed by atoms with E-state index in [0.717, 1.165) is 21.7 Å². The molecule has 186 valence electrons. The van der Waals surface area contributed by atoms with Crippen LogP contribution in [0.2, 0.25) is 10.0 Å². The Hall–Kier alpha value is -2.29. The van der Waals surface area contributed by atoms with Crippen LogP contribution in [0.1, 0.15) is 38.3 Å². The minimum absolute atomic E-state index is 0.112. The van der Waals surface area contributed by atoms with E-state index in [1.54, 1.807) is 0 Å². The summed E-state index contributed by atoms with van der Waals surface area (Å²) in [4.78, 5) is 28.0. The Balaban J connectivity index is 2.48. The number of sulfonamides is 1. The van der Waals surface area contributed by atoms with Crippen molar-refractivity contribution in [1.29, 1.82) is 0 Å². The number of hydrogen-bond acceptors (Lipinski definition) is 4. The highest BCUT2D eigenvalue weighted by Crippen LogP contribution is 2.27. The third kappa shape index (κ3) is 7.89. The van der Waals surface area contributed by atoms with E-state index in [0.29, 0.717) is 6.42 Å². The number of halogens is 2. The fourth-order valence-corrected chi connectivity index (χ4v) is 4.95. The molecule has 2 rings (SSSR count). The van der Waals surface area contributed by atoms with Gasteiger partial charge >= 0.3 is 0 Å². The molecule has 2 amide bonds. The third-order valence-electron chi connectivity index (χ3n) is 5.07. The first-order valence-electron chi connectivity index (χ1n) is 10.9. The van der Waals surface area contributed by atoms with Gasteiger partial charge in [-0.15, -0.1) is 0 Å². The molecule has 2 aromatic rings. The lowest BCUT2D eigenvalue weighted by Crippen LogP contribution is -2.53. The number of aryl methyl sites for hydroxylation is 1. The van der Waals surface area contributed by atoms with Crippen molar-refractivity contribution in [3.8, 4) is 0 Å². The molecule has 0 aliphatic carbocycles. The van der Waals surface area contributed by atoms with Crippen LogP contribution in [0.3, 0.4) is 0 Å². The molecule has 0 heterocycles. The van der Waals surface area contributed by atoms with E-state index in [2.05, 4.69) is 5.32 Å². The van der Waals surface area contributed by atoms with Crippen LogP contribution in [-0.4, -0.2) is 50.0 Å². The van der Waals surface area contributed by atoms with E-state index in [-0.39, 0.29) is 34.2 Å². The van der Waals surface area contributed by atoms with E-state index in [4.69, 9.17) is 23.2 Å². The molecule has 0 saturated carbocycles. The van der Waals surface area contributed by atoms with Crippen molar-refractivity contribution in [3.63, 3.8) is 0 Å². The molecule has 0 fully saturated rings. The van der Waals surface area contributed by atoms with Crippen LogP contribution in [-0.2, 0) is 26.2 Å². The lowest BCUT2D eigenvalue weighted by molar-refractivity contribution is -0.140. The highest BCUT2D eigenvalue weighted by atomic mass is 35.5. The summed E-state index contributed by atoms with van der Waals surface area (Å²) in [6, 6.07) is 11.0. The van der Waals surface area contributed by atoms with Gasteiger partial charge in [0.2, 0.25) is 21.8 Å². The molecular formula is C24H31Cl2N3O4S. The molecule has 7 nitrogen and oxygen atoms in total. The van der Waals surface area contributed by atoms with Crippen molar-refractivity contribution in [2.24, 2.45) is 0 Å². The molecule has 0 aliphatic heterocycles. The third-order valence-corrected chi connectivity index (χ3v) is 6.64. The Bertz CT molecular complexity index is 1120. The summed E-state index contributed by atoms with van der Waals surface area (Å²) in [6.45, 7) is 7.07. The predicted octanol–water partition coefficient (Wildman–Crippen LogP) is 4.40. The number of nitrogens with one attached hydrogen (secondary N) is 1. The first kappa shape index (κ1) is 28.0. The number of nitrogens with zero attached hydrogens (tertiary/aromatic N) is 2. The zero-order chi connectivity index (χ0) is 25.6. The molecule has 0 unspecified atom stereocenters. The molecule has 0 bridgehead atoms. The van der Waals surface area contributed by atoms with Gasteiger partial charge in [0.25, 0.3) is 0 Å². The largest absolute Gasteiger partial charge is 0.352 e. The molecule has 10 heteroatoms. The SMILES string of the molecule is CC[C@@H](C(=O)NC(C)C)N(Cc1cccc(C)c1)C(=O)CN(c1cc(Cl)cc(Cl)c1)S(C)(=O)=O. The maximum Gasteiger partial charge on any atom is 0.244 e. The Kier molecular flexibility index (Phi) is 9.79. The lowest BCUT2D eigenvalue weighted by Gasteiger charge is -2.33. The van der Waals surface area contributed by atoms with Crippen molar-refractivity contribution >= 4 is 50.7 Å². The monoisotopic (exact) mass is 527 g/mol. The van der Waals surface area contributed by atoms with Crippen LogP contribution in [0.5, 0.6) is 0 Å². The molecule has 0 spiro atoms. The second kappa shape index (κ2) is 11.9. The van der Waals surface area contributed by atoms with Gasteiger partial charge in [-0.25, -0.2) is 8.42 Å². The minimum atomic E-state index is -3.86. The summed E-state index contributed by atoms with van der Waals surface area (Å²) in [5.41, 5.74) is 2.01. The number of benzene rings is 2. The van der Waals surface area contributed by atoms with Gasteiger partial charge < -0.3 is 10.2 Å². The smallest absolute Gasteiger partial charge is 0.244 e. The van der Waals surface area contributed by atoms with Gasteiger partial charge in [-0.2, -0.15) is 0 Å². The van der Waals surface area contributed by atoms with Gasteiger partial charge in [0, 0.05) is 22.6 Å². The average Bonchev–Trinajstić information content (AvgIpc) is 2.69. The molecule has 1 atom stereocenters. The van der Waals surface area contributed by atoms with E-state index in [1.165, 1.54) is 23.1 Å². The van der Waals surface area contributed by atoms with Crippen molar-refractivity contribution in [1.82, 2.24) is 10.2 Å². The standard InChI is InChI=1S/C24H31Cl2N3O4S/c1-6-22(24(31)27-16(2)3)28(14-18-9-7-8-17(4)10-18)23(30)15-29(34(5,32)33)21-12-19(25)11-20(26)13-21/h7-13,16,22H,6,14-15H2,1-5H3,(H,27,31)/t22-/m0/s1. The van der Waals surface area contributed by atoms with E-state index in [1.807, 2.05) is 52.0 Å². The summed E-state index contributed by atoms with van der Waals surface area (Å²) in [5.74, 6) is -0.816. The van der Waals surface area contributed by atoms with Gasteiger partial charge in [-0.05, 0) is 51.0 Å². The summed E-state index contributed by atoms with van der Waals surface area (Å²) in [5, 5.41) is 3.33. The summed E-state index contributed by atoms with van der Waals surface area (Å²) >= 11 is 12.1. The summed E-state index contributed by atoms with van der Waals surface area (Å²) in [7, 11) is -3.86. The molecule has 0 radical (unpaired) electrons. The molecule has 1 N–H and O–H groups in total. The Morgan fingerprint density at radius 1 is 1.06 bits per heavy atom. The Morgan fingerprint density at radius 3 is 2.18 bits per heavy atom. The zero-order valence-corrected chi connectivity index (χ0v) is 22.3. The summed E-state index contributed by atoms with van der Waals surface area (Å²) in [6.07, 6.45) is 1.36. The highest BCUT2D eigenvalue weighted by molar-refractivity contribution is 7.92.